The van der Waals surface area contributed by atoms with Gasteiger partial charge in [0.2, 0.25) is 5.91 Å². The molecule has 88 valence electrons. The third-order valence-corrected chi connectivity index (χ3v) is 1.79. The molecule has 15 heavy (non-hydrogen) atoms. The second-order valence-corrected chi connectivity index (χ2v) is 2.91. The van der Waals surface area contributed by atoms with E-state index in [1.165, 1.54) is 12.0 Å². The lowest BCUT2D eigenvalue weighted by molar-refractivity contribution is -0.147. The van der Waals surface area contributed by atoms with Crippen molar-refractivity contribution in [2.75, 3.05) is 47.5 Å². The number of nitrogens with zero attached hydrogens (tertiary/aromatic N) is 1. The van der Waals surface area contributed by atoms with Crippen LogP contribution >= 0.6 is 0 Å². The number of amides is 1. The molecule has 1 N–H and O–H groups in total. The molecule has 0 aromatic carbocycles. The van der Waals surface area contributed by atoms with Crippen molar-refractivity contribution < 1.29 is 19.1 Å². The summed E-state index contributed by atoms with van der Waals surface area (Å²) < 4.78 is 9.34. The van der Waals surface area contributed by atoms with E-state index in [9.17, 15) is 9.59 Å². The summed E-state index contributed by atoms with van der Waals surface area (Å²) in [6.45, 7) is 0.930. The number of esters is 1. The number of hydrogen-bond donors (Lipinski definition) is 1. The largest absolute Gasteiger partial charge is 0.468 e. The monoisotopic (exact) mass is 218 g/mol. The molecule has 1 amide bonds. The maximum atomic E-state index is 11.5. The molecule has 0 saturated carbocycles. The molecule has 0 bridgehead atoms. The van der Waals surface area contributed by atoms with Gasteiger partial charge in [0.1, 0.15) is 6.54 Å². The van der Waals surface area contributed by atoms with Crippen LogP contribution in [-0.4, -0.2) is 64.3 Å². The van der Waals surface area contributed by atoms with Gasteiger partial charge in [-0.3, -0.25) is 9.59 Å². The fraction of sp³-hybridized carbons (Fsp3) is 0.778. The number of nitrogens with one attached hydrogen (secondary N) is 1. The molecule has 0 aliphatic carbocycles. The minimum atomic E-state index is -0.435. The predicted molar refractivity (Wildman–Crippen MR) is 54.4 cm³/mol. The summed E-state index contributed by atoms with van der Waals surface area (Å²) in [4.78, 5) is 23.9. The molecule has 0 heterocycles. The first-order valence-corrected chi connectivity index (χ1v) is 4.63. The van der Waals surface area contributed by atoms with Crippen molar-refractivity contribution in [3.8, 4) is 0 Å². The van der Waals surface area contributed by atoms with E-state index in [1.807, 2.05) is 0 Å². The van der Waals surface area contributed by atoms with Crippen molar-refractivity contribution in [1.82, 2.24) is 10.2 Å². The molecular weight excluding hydrogens is 200 g/mol. The fourth-order valence-electron chi connectivity index (χ4n) is 0.977. The van der Waals surface area contributed by atoms with E-state index in [-0.39, 0.29) is 19.0 Å². The Hall–Kier alpha value is -1.14. The highest BCUT2D eigenvalue weighted by molar-refractivity contribution is 5.83. The summed E-state index contributed by atoms with van der Waals surface area (Å²) in [5, 5.41) is 2.73. The van der Waals surface area contributed by atoms with Crippen LogP contribution in [0.4, 0.5) is 0 Å². The van der Waals surface area contributed by atoms with Crippen LogP contribution < -0.4 is 5.32 Å². The van der Waals surface area contributed by atoms with Crippen LogP contribution in [0, 0.1) is 0 Å². The minimum Gasteiger partial charge on any atom is -0.468 e. The van der Waals surface area contributed by atoms with E-state index in [0.717, 1.165) is 0 Å². The van der Waals surface area contributed by atoms with Crippen LogP contribution in [-0.2, 0) is 19.1 Å². The number of methoxy groups -OCH3 is 2. The van der Waals surface area contributed by atoms with Gasteiger partial charge < -0.3 is 19.7 Å². The molecule has 0 aliphatic rings. The number of ether oxygens (including phenoxy) is 2. The summed E-state index contributed by atoms with van der Waals surface area (Å²) >= 11 is 0. The van der Waals surface area contributed by atoms with Crippen LogP contribution in [0.25, 0.3) is 0 Å². The Morgan fingerprint density at radius 2 is 2.00 bits per heavy atom. The molecule has 0 unspecified atom stereocenters. The lowest BCUT2D eigenvalue weighted by Gasteiger charge is -2.20. The molecule has 6 nitrogen and oxygen atoms in total. The SMILES string of the molecule is CNCC(=O)N(CCOC)CC(=O)OC. The van der Waals surface area contributed by atoms with E-state index >= 15 is 0 Å². The van der Waals surface area contributed by atoms with Gasteiger partial charge in [-0.2, -0.15) is 0 Å². The van der Waals surface area contributed by atoms with Crippen molar-refractivity contribution in [2.45, 2.75) is 0 Å². The normalized spacial score (nSPS) is 9.80. The topological polar surface area (TPSA) is 67.9 Å². The van der Waals surface area contributed by atoms with Gasteiger partial charge in [-0.15, -0.1) is 0 Å². The average molecular weight is 218 g/mol. The number of rotatable bonds is 7. The lowest BCUT2D eigenvalue weighted by Crippen LogP contribution is -2.42. The summed E-state index contributed by atoms with van der Waals surface area (Å²) in [6.07, 6.45) is 0. The Bertz CT molecular complexity index is 208. The van der Waals surface area contributed by atoms with Crippen LogP contribution in [0.2, 0.25) is 0 Å². The third-order valence-electron chi connectivity index (χ3n) is 1.79. The third kappa shape index (κ3) is 6.03. The Balaban J connectivity index is 4.16. The van der Waals surface area contributed by atoms with Gasteiger partial charge in [-0.25, -0.2) is 0 Å². The van der Waals surface area contributed by atoms with Gasteiger partial charge in [0.15, 0.2) is 0 Å². The first kappa shape index (κ1) is 13.9. The summed E-state index contributed by atoms with van der Waals surface area (Å²) in [5.74, 6) is -0.587. The van der Waals surface area contributed by atoms with Crippen LogP contribution in [0.1, 0.15) is 0 Å². The maximum Gasteiger partial charge on any atom is 0.325 e. The Kier molecular flexibility index (Phi) is 7.57. The van der Waals surface area contributed by atoms with Crippen LogP contribution in [0.3, 0.4) is 0 Å². The Labute approximate surface area is 89.5 Å². The van der Waals surface area contributed by atoms with Gasteiger partial charge in [-0.1, -0.05) is 0 Å². The minimum absolute atomic E-state index is 0.0413. The number of carbonyl (C=O) groups is 2. The maximum absolute atomic E-state index is 11.5. The molecule has 0 atom stereocenters. The molecule has 0 radical (unpaired) electrons. The Morgan fingerprint density at radius 1 is 1.33 bits per heavy atom. The highest BCUT2D eigenvalue weighted by Crippen LogP contribution is 1.91. The summed E-state index contributed by atoms with van der Waals surface area (Å²) in [6, 6.07) is 0. The molecular formula is C9H18N2O4. The molecule has 0 spiro atoms. The zero-order valence-corrected chi connectivity index (χ0v) is 9.41. The van der Waals surface area contributed by atoms with Crippen LogP contribution in [0.15, 0.2) is 0 Å². The van der Waals surface area contributed by atoms with Crippen molar-refractivity contribution in [3.05, 3.63) is 0 Å². The predicted octanol–water partition coefficient (Wildman–Crippen LogP) is -1.15. The van der Waals surface area contributed by atoms with Gasteiger partial charge in [0.25, 0.3) is 0 Å². The van der Waals surface area contributed by atoms with Gasteiger partial charge >= 0.3 is 5.97 Å². The van der Waals surface area contributed by atoms with E-state index in [4.69, 9.17) is 4.74 Å². The number of hydrogen-bond acceptors (Lipinski definition) is 5. The quantitative estimate of drug-likeness (QED) is 0.547. The second kappa shape index (κ2) is 8.19. The highest BCUT2D eigenvalue weighted by atomic mass is 16.5. The van der Waals surface area contributed by atoms with Gasteiger partial charge in [0.05, 0.1) is 20.3 Å². The first-order valence-electron chi connectivity index (χ1n) is 4.63. The van der Waals surface area contributed by atoms with Gasteiger partial charge in [-0.05, 0) is 7.05 Å². The van der Waals surface area contributed by atoms with E-state index in [1.54, 1.807) is 14.2 Å². The van der Waals surface area contributed by atoms with Crippen molar-refractivity contribution in [1.29, 1.82) is 0 Å². The number of likely N-dealkylation sites (N-methyl/N-ethyl adjacent to an activating group) is 1. The molecule has 0 fully saturated rings. The molecule has 0 aliphatic heterocycles. The summed E-state index contributed by atoms with van der Waals surface area (Å²) in [5.41, 5.74) is 0. The molecule has 0 aromatic heterocycles. The standard InChI is InChI=1S/C9H18N2O4/c1-10-6-8(12)11(4-5-14-2)7-9(13)15-3/h10H,4-7H2,1-3H3. The van der Waals surface area contributed by atoms with E-state index < -0.39 is 5.97 Å². The summed E-state index contributed by atoms with van der Waals surface area (Å²) in [7, 11) is 4.50. The van der Waals surface area contributed by atoms with Crippen molar-refractivity contribution in [3.63, 3.8) is 0 Å². The first-order chi connectivity index (χ1) is 7.15. The fourth-order valence-corrected chi connectivity index (χ4v) is 0.977. The number of carbonyl (C=O) groups excluding carboxylic acids is 2. The smallest absolute Gasteiger partial charge is 0.325 e. The molecule has 0 saturated heterocycles. The van der Waals surface area contributed by atoms with E-state index in [0.29, 0.717) is 13.2 Å². The molecule has 0 rings (SSSR count). The molecule has 6 heteroatoms. The van der Waals surface area contributed by atoms with Crippen molar-refractivity contribution in [2.24, 2.45) is 0 Å². The second-order valence-electron chi connectivity index (χ2n) is 2.91. The zero-order chi connectivity index (χ0) is 11.7. The lowest BCUT2D eigenvalue weighted by atomic mass is 10.4. The van der Waals surface area contributed by atoms with Crippen molar-refractivity contribution >= 4 is 11.9 Å². The average Bonchev–Trinajstić information content (AvgIpc) is 2.24. The van der Waals surface area contributed by atoms with Gasteiger partial charge in [0, 0.05) is 13.7 Å². The zero-order valence-electron chi connectivity index (χ0n) is 9.41. The molecule has 0 aromatic rings. The highest BCUT2D eigenvalue weighted by Gasteiger charge is 2.16. The Morgan fingerprint density at radius 3 is 2.47 bits per heavy atom. The van der Waals surface area contributed by atoms with Crippen LogP contribution in [0.5, 0.6) is 0 Å². The van der Waals surface area contributed by atoms with E-state index in [2.05, 4.69) is 10.1 Å².